The lowest BCUT2D eigenvalue weighted by Gasteiger charge is -2.30. The number of carbonyl (C=O) groups is 1. The van der Waals surface area contributed by atoms with Crippen molar-refractivity contribution in [2.24, 2.45) is 4.40 Å². The number of nitrogens with zero attached hydrogens (tertiary/aromatic N) is 3. The molecule has 0 unspecified atom stereocenters. The lowest BCUT2D eigenvalue weighted by molar-refractivity contribution is 0.0468. The number of fused-ring (bicyclic) bond motifs is 3. The van der Waals surface area contributed by atoms with Crippen LogP contribution >= 0.6 is 22.9 Å². The Bertz CT molecular complexity index is 1090. The van der Waals surface area contributed by atoms with E-state index in [2.05, 4.69) is 9.38 Å². The monoisotopic (exact) mass is 453 g/mol. The molecule has 0 aliphatic carbocycles. The molecule has 1 aromatic carbocycles. The number of hydrogen-bond donors (Lipinski definition) is 0. The highest BCUT2D eigenvalue weighted by Gasteiger charge is 2.33. The summed E-state index contributed by atoms with van der Waals surface area (Å²) < 4.78 is 34.7. The van der Waals surface area contributed by atoms with E-state index in [1.807, 2.05) is 17.2 Å². The van der Waals surface area contributed by atoms with Crippen molar-refractivity contribution in [1.29, 1.82) is 0 Å². The van der Waals surface area contributed by atoms with E-state index >= 15 is 0 Å². The zero-order valence-corrected chi connectivity index (χ0v) is 18.2. The molecule has 4 rings (SSSR count). The van der Waals surface area contributed by atoms with Crippen molar-refractivity contribution >= 4 is 50.5 Å². The fourth-order valence-corrected chi connectivity index (χ4v) is 5.68. The number of anilines is 1. The molecule has 0 radical (unpaired) electrons. The first kappa shape index (κ1) is 20.3. The van der Waals surface area contributed by atoms with Crippen molar-refractivity contribution in [2.45, 2.75) is 50.5 Å². The van der Waals surface area contributed by atoms with Crippen LogP contribution in [-0.4, -0.2) is 31.8 Å². The van der Waals surface area contributed by atoms with E-state index in [0.29, 0.717) is 30.2 Å². The Morgan fingerprint density at radius 3 is 2.90 bits per heavy atom. The minimum atomic E-state index is -3.90. The Hall–Kier alpha value is -1.97. The van der Waals surface area contributed by atoms with Gasteiger partial charge in [-0.1, -0.05) is 24.9 Å². The van der Waals surface area contributed by atoms with Gasteiger partial charge in [0.2, 0.25) is 0 Å². The van der Waals surface area contributed by atoms with E-state index < -0.39 is 16.0 Å². The number of sulfonamides is 1. The number of ether oxygens (including phenoxy) is 1. The van der Waals surface area contributed by atoms with Crippen LogP contribution in [0.3, 0.4) is 0 Å². The van der Waals surface area contributed by atoms with Gasteiger partial charge in [0.25, 0.3) is 10.0 Å². The summed E-state index contributed by atoms with van der Waals surface area (Å²) in [6.07, 6.45) is 4.26. The van der Waals surface area contributed by atoms with E-state index in [9.17, 15) is 13.2 Å². The quantitative estimate of drug-likeness (QED) is 0.644. The maximum Gasteiger partial charge on any atom is 0.340 e. The number of benzene rings is 1. The summed E-state index contributed by atoms with van der Waals surface area (Å²) in [6.45, 7) is 2.68. The van der Waals surface area contributed by atoms with Gasteiger partial charge in [0.15, 0.2) is 0 Å². The lowest BCUT2D eigenvalue weighted by Crippen LogP contribution is -2.35. The Morgan fingerprint density at radius 2 is 2.14 bits per heavy atom. The first-order valence-corrected chi connectivity index (χ1v) is 12.1. The average Bonchev–Trinajstić information content (AvgIpc) is 3.03. The number of aryl methyl sites for hydroxylation is 1. The van der Waals surface area contributed by atoms with E-state index in [0.717, 1.165) is 30.7 Å². The van der Waals surface area contributed by atoms with Gasteiger partial charge in [0.05, 0.1) is 27.0 Å². The smallest absolute Gasteiger partial charge is 0.340 e. The molecule has 0 amide bonds. The minimum Gasteiger partial charge on any atom is -0.456 e. The molecule has 0 bridgehead atoms. The molecule has 0 spiro atoms. The van der Waals surface area contributed by atoms with Gasteiger partial charge < -0.3 is 9.64 Å². The summed E-state index contributed by atoms with van der Waals surface area (Å²) >= 11 is 7.86. The fraction of sp³-hybridized carbons (Fsp3) is 0.421. The number of thiazole rings is 1. The molecule has 2 aromatic rings. The molecule has 1 saturated heterocycles. The highest BCUT2D eigenvalue weighted by Crippen LogP contribution is 2.38. The van der Waals surface area contributed by atoms with Crippen LogP contribution in [0.2, 0.25) is 5.02 Å². The lowest BCUT2D eigenvalue weighted by atomic mass is 10.1. The molecular weight excluding hydrogens is 434 g/mol. The number of amidine groups is 1. The van der Waals surface area contributed by atoms with Crippen molar-refractivity contribution in [3.8, 4) is 0 Å². The number of hydrogen-bond acceptors (Lipinski definition) is 7. The second-order valence-corrected chi connectivity index (χ2v) is 9.83. The Kier molecular flexibility index (Phi) is 5.63. The third kappa shape index (κ3) is 4.04. The van der Waals surface area contributed by atoms with Gasteiger partial charge in [0, 0.05) is 18.3 Å². The summed E-state index contributed by atoms with van der Waals surface area (Å²) in [5, 5.41) is 2.95. The van der Waals surface area contributed by atoms with Crippen molar-refractivity contribution in [1.82, 2.24) is 4.98 Å². The minimum absolute atomic E-state index is 0.00389. The summed E-state index contributed by atoms with van der Waals surface area (Å²) in [4.78, 5) is 18.8. The van der Waals surface area contributed by atoms with E-state index in [4.69, 9.17) is 16.3 Å². The summed E-state index contributed by atoms with van der Waals surface area (Å²) in [5.74, 6) is -0.152. The highest BCUT2D eigenvalue weighted by atomic mass is 35.5. The Labute approximate surface area is 178 Å². The van der Waals surface area contributed by atoms with Crippen molar-refractivity contribution < 1.29 is 17.9 Å². The maximum atomic E-state index is 12.7. The SMILES string of the molecule is CCc1nc(COC(=O)c2cc3c(cc2Cl)N2CCCCCC2=NS3(=O)=O)cs1. The fourth-order valence-electron chi connectivity index (χ4n) is 3.45. The van der Waals surface area contributed by atoms with Crippen LogP contribution in [0.5, 0.6) is 0 Å². The van der Waals surface area contributed by atoms with Gasteiger partial charge >= 0.3 is 5.97 Å². The molecule has 3 heterocycles. The summed E-state index contributed by atoms with van der Waals surface area (Å²) in [5.41, 5.74) is 1.14. The van der Waals surface area contributed by atoms with Crippen LogP contribution in [0, 0.1) is 0 Å². The molecule has 10 heteroatoms. The molecule has 1 aromatic heterocycles. The predicted molar refractivity (Wildman–Crippen MR) is 112 cm³/mol. The summed E-state index contributed by atoms with van der Waals surface area (Å²) in [6, 6.07) is 2.81. The molecule has 1 fully saturated rings. The predicted octanol–water partition coefficient (Wildman–Crippen LogP) is 4.20. The van der Waals surface area contributed by atoms with Crippen molar-refractivity contribution in [3.63, 3.8) is 0 Å². The van der Waals surface area contributed by atoms with Crippen LogP contribution in [-0.2, 0) is 27.8 Å². The van der Waals surface area contributed by atoms with Crippen LogP contribution in [0.15, 0.2) is 26.8 Å². The second kappa shape index (κ2) is 8.04. The largest absolute Gasteiger partial charge is 0.456 e. The number of rotatable bonds is 4. The zero-order valence-electron chi connectivity index (χ0n) is 15.9. The van der Waals surface area contributed by atoms with Crippen molar-refractivity contribution in [3.05, 3.63) is 38.8 Å². The first-order valence-electron chi connectivity index (χ1n) is 9.44. The molecule has 0 N–H and O–H groups in total. The molecule has 0 saturated carbocycles. The van der Waals surface area contributed by atoms with E-state index in [1.165, 1.54) is 23.5 Å². The second-order valence-electron chi connectivity index (χ2n) is 6.91. The Balaban J connectivity index is 1.63. The highest BCUT2D eigenvalue weighted by molar-refractivity contribution is 7.90. The van der Waals surface area contributed by atoms with Gasteiger partial charge in [-0.25, -0.2) is 9.78 Å². The van der Waals surface area contributed by atoms with Crippen molar-refractivity contribution in [2.75, 3.05) is 11.4 Å². The molecule has 154 valence electrons. The van der Waals surface area contributed by atoms with Gasteiger partial charge in [-0.05, 0) is 31.4 Å². The van der Waals surface area contributed by atoms with Gasteiger partial charge in [-0.2, -0.15) is 8.42 Å². The van der Waals surface area contributed by atoms with E-state index in [1.54, 1.807) is 0 Å². The number of aromatic nitrogens is 1. The van der Waals surface area contributed by atoms with E-state index in [-0.39, 0.29) is 22.1 Å². The molecule has 2 aliphatic heterocycles. The van der Waals surface area contributed by atoms with Gasteiger partial charge in [-0.3, -0.25) is 0 Å². The third-order valence-electron chi connectivity index (χ3n) is 4.91. The zero-order chi connectivity index (χ0) is 20.6. The topological polar surface area (TPSA) is 88.9 Å². The first-order chi connectivity index (χ1) is 13.9. The number of halogens is 1. The van der Waals surface area contributed by atoms with Crippen LogP contribution in [0.25, 0.3) is 0 Å². The average molecular weight is 454 g/mol. The molecule has 7 nitrogen and oxygen atoms in total. The number of carbonyl (C=O) groups excluding carboxylic acids is 1. The standard InChI is InChI=1S/C19H20ClN3O4S2/c1-2-18-21-12(11-28-18)10-27-19(24)13-8-16-15(9-14(13)20)23-7-5-3-4-6-17(23)22-29(16,25)26/h8-9,11H,2-7,10H2,1H3. The Morgan fingerprint density at radius 1 is 1.31 bits per heavy atom. The van der Waals surface area contributed by atoms with Crippen LogP contribution < -0.4 is 4.90 Å². The van der Waals surface area contributed by atoms with Crippen LogP contribution in [0.4, 0.5) is 5.69 Å². The summed E-state index contributed by atoms with van der Waals surface area (Å²) in [7, 11) is -3.90. The normalized spacial score (nSPS) is 17.7. The molecular formula is C19H20ClN3O4S2. The van der Waals surface area contributed by atoms with Crippen LogP contribution in [0.1, 0.15) is 53.7 Å². The maximum absolute atomic E-state index is 12.7. The van der Waals surface area contributed by atoms with Gasteiger partial charge in [0.1, 0.15) is 17.3 Å². The third-order valence-corrected chi connectivity index (χ3v) is 7.60. The molecule has 29 heavy (non-hydrogen) atoms. The van der Waals surface area contributed by atoms with Gasteiger partial charge in [-0.15, -0.1) is 15.7 Å². The molecule has 2 aliphatic rings. The molecule has 0 atom stereocenters. The number of esters is 1.